The van der Waals surface area contributed by atoms with Crippen LogP contribution in [0.2, 0.25) is 0 Å². The van der Waals surface area contributed by atoms with Crippen LogP contribution in [0.15, 0.2) is 71.6 Å². The van der Waals surface area contributed by atoms with Gasteiger partial charge in [0.1, 0.15) is 5.82 Å². The molecule has 1 aliphatic rings. The predicted molar refractivity (Wildman–Crippen MR) is 117 cm³/mol. The molecule has 1 aliphatic heterocycles. The predicted octanol–water partition coefficient (Wildman–Crippen LogP) is 2.84. The Balaban J connectivity index is 1.42. The van der Waals surface area contributed by atoms with E-state index in [1.54, 1.807) is 18.2 Å². The highest BCUT2D eigenvalue weighted by molar-refractivity contribution is 7.89. The van der Waals surface area contributed by atoms with E-state index in [4.69, 9.17) is 0 Å². The zero-order chi connectivity index (χ0) is 22.7. The highest BCUT2D eigenvalue weighted by Crippen LogP contribution is 2.26. The minimum absolute atomic E-state index is 0.0212. The molecule has 7 nitrogen and oxygen atoms in total. The fraction of sp³-hybridized carbons (Fsp3) is 0.217. The molecule has 0 bridgehead atoms. The quantitative estimate of drug-likeness (QED) is 0.592. The van der Waals surface area contributed by atoms with Gasteiger partial charge in [-0.15, -0.1) is 0 Å². The van der Waals surface area contributed by atoms with Crippen LogP contribution in [0, 0.1) is 11.7 Å². The summed E-state index contributed by atoms with van der Waals surface area (Å²) in [5.41, 5.74) is 4.83. The third kappa shape index (κ3) is 4.63. The topological polar surface area (TPSA) is 95.6 Å². The van der Waals surface area contributed by atoms with Crippen molar-refractivity contribution in [2.24, 2.45) is 5.92 Å². The van der Waals surface area contributed by atoms with Crippen molar-refractivity contribution in [3.05, 3.63) is 78.1 Å². The van der Waals surface area contributed by atoms with Crippen LogP contribution in [-0.4, -0.2) is 37.6 Å². The van der Waals surface area contributed by atoms with Gasteiger partial charge in [0.25, 0.3) is 5.91 Å². The number of carbonyl (C=O) groups excluding carboxylic acids is 2. The second kappa shape index (κ2) is 9.05. The first-order valence-corrected chi connectivity index (χ1v) is 11.6. The third-order valence-electron chi connectivity index (χ3n) is 5.52. The second-order valence-corrected chi connectivity index (χ2v) is 9.60. The van der Waals surface area contributed by atoms with Crippen molar-refractivity contribution < 1.29 is 22.4 Å². The summed E-state index contributed by atoms with van der Waals surface area (Å²) in [6.07, 6.45) is 1.03. The number of nitrogens with one attached hydrogen (secondary N) is 2. The van der Waals surface area contributed by atoms with E-state index in [1.807, 2.05) is 24.3 Å². The summed E-state index contributed by atoms with van der Waals surface area (Å²) in [5, 5.41) is 1.77. The number of carbonyl (C=O) groups is 2. The first kappa shape index (κ1) is 21.9. The lowest BCUT2D eigenvalue weighted by atomic mass is 9.99. The van der Waals surface area contributed by atoms with E-state index < -0.39 is 33.6 Å². The van der Waals surface area contributed by atoms with Crippen LogP contribution < -0.4 is 10.9 Å². The maximum atomic E-state index is 13.2. The van der Waals surface area contributed by atoms with Gasteiger partial charge >= 0.3 is 0 Å². The normalized spacial score (nSPS) is 17.1. The molecule has 3 aromatic rings. The summed E-state index contributed by atoms with van der Waals surface area (Å²) in [4.78, 5) is 24.9. The lowest BCUT2D eigenvalue weighted by Crippen LogP contribution is -2.50. The fourth-order valence-electron chi connectivity index (χ4n) is 3.75. The Bertz CT molecular complexity index is 1260. The molecule has 9 heteroatoms. The number of hydrazine groups is 1. The number of rotatable bonds is 4. The summed E-state index contributed by atoms with van der Waals surface area (Å²) in [6, 6.07) is 17.4. The number of sulfonamides is 1. The van der Waals surface area contributed by atoms with Crippen LogP contribution in [0.3, 0.4) is 0 Å². The Morgan fingerprint density at radius 2 is 1.66 bits per heavy atom. The summed E-state index contributed by atoms with van der Waals surface area (Å²) in [6.45, 7) is 0.342. The first-order chi connectivity index (χ1) is 15.3. The van der Waals surface area contributed by atoms with Crippen LogP contribution in [0.5, 0.6) is 0 Å². The molecule has 1 fully saturated rings. The maximum Gasteiger partial charge on any atom is 0.269 e. The average Bonchev–Trinajstić information content (AvgIpc) is 2.82. The van der Waals surface area contributed by atoms with Crippen molar-refractivity contribution in [1.82, 2.24) is 15.2 Å². The van der Waals surface area contributed by atoms with Crippen LogP contribution in [0.4, 0.5) is 4.39 Å². The van der Waals surface area contributed by atoms with Gasteiger partial charge in [-0.3, -0.25) is 20.4 Å². The minimum atomic E-state index is -3.77. The van der Waals surface area contributed by atoms with Gasteiger partial charge in [-0.2, -0.15) is 4.31 Å². The molecule has 166 valence electrons. The highest BCUT2D eigenvalue weighted by atomic mass is 32.2. The molecule has 3 aromatic carbocycles. The summed E-state index contributed by atoms with van der Waals surface area (Å²) in [7, 11) is -3.77. The Labute approximate surface area is 185 Å². The molecule has 0 spiro atoms. The molecular formula is C23H22FN3O4S. The molecule has 0 unspecified atom stereocenters. The lowest BCUT2D eigenvalue weighted by Gasteiger charge is -2.31. The SMILES string of the molecule is O=C(NNC(=O)[C@@H]1CCCN(S(=O)(=O)c2ccc3ccccc3c2)C1)c1ccc(F)cc1. The van der Waals surface area contributed by atoms with E-state index in [9.17, 15) is 22.4 Å². The molecule has 4 rings (SSSR count). The minimum Gasteiger partial charge on any atom is -0.273 e. The number of hydrogen-bond donors (Lipinski definition) is 2. The van der Waals surface area contributed by atoms with E-state index in [2.05, 4.69) is 10.9 Å². The van der Waals surface area contributed by atoms with Gasteiger partial charge < -0.3 is 0 Å². The van der Waals surface area contributed by atoms with Crippen molar-refractivity contribution in [3.63, 3.8) is 0 Å². The van der Waals surface area contributed by atoms with Crippen LogP contribution in [0.1, 0.15) is 23.2 Å². The smallest absolute Gasteiger partial charge is 0.269 e. The van der Waals surface area contributed by atoms with Crippen molar-refractivity contribution in [3.8, 4) is 0 Å². The Morgan fingerprint density at radius 3 is 2.41 bits per heavy atom. The average molecular weight is 456 g/mol. The number of amides is 2. The molecular weight excluding hydrogens is 433 g/mol. The third-order valence-corrected chi connectivity index (χ3v) is 7.38. The van der Waals surface area contributed by atoms with Gasteiger partial charge in [0.15, 0.2) is 0 Å². The Morgan fingerprint density at radius 1 is 0.938 bits per heavy atom. The summed E-state index contributed by atoms with van der Waals surface area (Å²) >= 11 is 0. The van der Waals surface area contributed by atoms with E-state index in [0.717, 1.165) is 22.9 Å². The lowest BCUT2D eigenvalue weighted by molar-refractivity contribution is -0.126. The fourth-order valence-corrected chi connectivity index (χ4v) is 5.31. The summed E-state index contributed by atoms with van der Waals surface area (Å²) in [5.74, 6) is -2.14. The molecule has 0 aliphatic carbocycles. The van der Waals surface area contributed by atoms with Crippen LogP contribution in [0.25, 0.3) is 10.8 Å². The molecule has 0 aromatic heterocycles. The monoisotopic (exact) mass is 455 g/mol. The van der Waals surface area contributed by atoms with Crippen molar-refractivity contribution in [2.75, 3.05) is 13.1 Å². The van der Waals surface area contributed by atoms with Crippen molar-refractivity contribution in [2.45, 2.75) is 17.7 Å². The van der Waals surface area contributed by atoms with E-state index in [0.29, 0.717) is 19.4 Å². The Hall–Kier alpha value is -3.30. The number of benzene rings is 3. The molecule has 0 radical (unpaired) electrons. The molecule has 32 heavy (non-hydrogen) atoms. The van der Waals surface area contributed by atoms with E-state index in [1.165, 1.54) is 16.4 Å². The summed E-state index contributed by atoms with van der Waals surface area (Å²) < 4.78 is 40.6. The van der Waals surface area contributed by atoms with Gasteiger partial charge in [0.2, 0.25) is 15.9 Å². The Kier molecular flexibility index (Phi) is 6.20. The molecule has 2 N–H and O–H groups in total. The molecule has 1 atom stereocenters. The number of hydrogen-bond acceptors (Lipinski definition) is 4. The molecule has 0 saturated carbocycles. The second-order valence-electron chi connectivity index (χ2n) is 7.66. The highest BCUT2D eigenvalue weighted by Gasteiger charge is 2.33. The number of fused-ring (bicyclic) bond motifs is 1. The van der Waals surface area contributed by atoms with Crippen LogP contribution >= 0.6 is 0 Å². The largest absolute Gasteiger partial charge is 0.273 e. The molecule has 1 saturated heterocycles. The van der Waals surface area contributed by atoms with Crippen molar-refractivity contribution in [1.29, 1.82) is 0 Å². The van der Waals surface area contributed by atoms with E-state index >= 15 is 0 Å². The van der Waals surface area contributed by atoms with Crippen molar-refractivity contribution >= 4 is 32.6 Å². The maximum absolute atomic E-state index is 13.2. The van der Waals surface area contributed by atoms with Gasteiger partial charge in [-0.25, -0.2) is 12.8 Å². The standard InChI is InChI=1S/C23H22FN3O4S/c24-20-10-7-17(8-11-20)22(28)25-26-23(29)19-6-3-13-27(15-19)32(30,31)21-12-9-16-4-1-2-5-18(16)14-21/h1-2,4-5,7-12,14,19H,3,6,13,15H2,(H,25,28)(H,26,29)/t19-/m1/s1. The van der Waals surface area contributed by atoms with Crippen LogP contribution in [-0.2, 0) is 14.8 Å². The van der Waals surface area contributed by atoms with Gasteiger partial charge in [-0.1, -0.05) is 30.3 Å². The zero-order valence-electron chi connectivity index (χ0n) is 17.1. The number of piperidine rings is 1. The zero-order valence-corrected chi connectivity index (χ0v) is 17.9. The molecule has 1 heterocycles. The number of halogens is 1. The molecule has 2 amide bonds. The number of nitrogens with zero attached hydrogens (tertiary/aromatic N) is 1. The first-order valence-electron chi connectivity index (χ1n) is 10.2. The van der Waals surface area contributed by atoms with E-state index in [-0.39, 0.29) is 17.0 Å². The van der Waals surface area contributed by atoms with Gasteiger partial charge in [-0.05, 0) is 60.0 Å². The van der Waals surface area contributed by atoms with Gasteiger partial charge in [0, 0.05) is 18.7 Å². The van der Waals surface area contributed by atoms with Gasteiger partial charge in [0.05, 0.1) is 10.8 Å².